The van der Waals surface area contributed by atoms with Gasteiger partial charge in [-0.1, -0.05) is 34.6 Å². The summed E-state index contributed by atoms with van der Waals surface area (Å²) in [6.45, 7) is 18.0. The van der Waals surface area contributed by atoms with E-state index in [2.05, 4.69) is 66.1 Å². The van der Waals surface area contributed by atoms with Crippen molar-refractivity contribution in [2.75, 3.05) is 0 Å². The van der Waals surface area contributed by atoms with Crippen LogP contribution in [-0.4, -0.2) is 11.0 Å². The van der Waals surface area contributed by atoms with Gasteiger partial charge in [-0.3, -0.25) is 0 Å². The summed E-state index contributed by atoms with van der Waals surface area (Å²) in [7, 11) is 0. The van der Waals surface area contributed by atoms with Gasteiger partial charge in [0.05, 0.1) is 11.2 Å². The molecule has 1 unspecified atom stereocenters. The van der Waals surface area contributed by atoms with E-state index in [1.54, 1.807) is 11.3 Å². The van der Waals surface area contributed by atoms with E-state index in [9.17, 15) is 0 Å². The second-order valence-electron chi connectivity index (χ2n) is 7.85. The van der Waals surface area contributed by atoms with Gasteiger partial charge in [0.2, 0.25) is 0 Å². The van der Waals surface area contributed by atoms with Gasteiger partial charge in [-0.05, 0) is 39.5 Å². The van der Waals surface area contributed by atoms with Crippen LogP contribution in [0.1, 0.15) is 78.9 Å². The monoisotopic (exact) mass is 296 g/mol. The van der Waals surface area contributed by atoms with E-state index in [1.807, 2.05) is 0 Å². The molecule has 0 aliphatic heterocycles. The highest BCUT2D eigenvalue weighted by atomic mass is 32.1. The van der Waals surface area contributed by atoms with Gasteiger partial charge >= 0.3 is 0 Å². The summed E-state index contributed by atoms with van der Waals surface area (Å²) in [6.07, 6.45) is 2.36. The van der Waals surface area contributed by atoms with Gasteiger partial charge in [-0.15, -0.1) is 11.3 Å². The van der Waals surface area contributed by atoms with Crippen molar-refractivity contribution in [3.05, 3.63) is 16.1 Å². The predicted molar refractivity (Wildman–Crippen MR) is 90.5 cm³/mol. The second-order valence-corrected chi connectivity index (χ2v) is 8.71. The largest absolute Gasteiger partial charge is 0.303 e. The number of aromatic nitrogens is 1. The van der Waals surface area contributed by atoms with Crippen LogP contribution in [0.2, 0.25) is 0 Å². The molecular formula is C17H32N2S. The SMILES string of the molecule is CC(C)CCC(C)(NC(C)C)c1nc(C(C)(C)C)cs1. The van der Waals surface area contributed by atoms with Gasteiger partial charge < -0.3 is 5.32 Å². The summed E-state index contributed by atoms with van der Waals surface area (Å²) in [5.74, 6) is 0.727. The fourth-order valence-corrected chi connectivity index (χ4v) is 3.53. The van der Waals surface area contributed by atoms with Gasteiger partial charge in [-0.25, -0.2) is 4.98 Å². The van der Waals surface area contributed by atoms with Gasteiger partial charge in [0, 0.05) is 16.8 Å². The maximum atomic E-state index is 4.94. The Balaban J connectivity index is 3.01. The highest BCUT2D eigenvalue weighted by Crippen LogP contribution is 2.33. The van der Waals surface area contributed by atoms with Gasteiger partial charge in [0.25, 0.3) is 0 Å². The molecule has 1 rings (SSSR count). The first-order chi connectivity index (χ1) is 9.04. The summed E-state index contributed by atoms with van der Waals surface area (Å²) in [5, 5.41) is 7.20. The highest BCUT2D eigenvalue weighted by Gasteiger charge is 2.31. The van der Waals surface area contributed by atoms with Crippen LogP contribution in [0.4, 0.5) is 0 Å². The van der Waals surface area contributed by atoms with Crippen molar-refractivity contribution in [2.45, 2.75) is 85.2 Å². The van der Waals surface area contributed by atoms with Crippen molar-refractivity contribution in [3.63, 3.8) is 0 Å². The number of nitrogens with one attached hydrogen (secondary N) is 1. The standard InChI is InChI=1S/C17H32N2S/c1-12(2)9-10-17(8,19-13(3)4)15-18-14(11-20-15)16(5,6)7/h11-13,19H,9-10H2,1-8H3. The lowest BCUT2D eigenvalue weighted by atomic mass is 9.90. The minimum atomic E-state index is -0.00734. The Kier molecular flexibility index (Phi) is 5.79. The summed E-state index contributed by atoms with van der Waals surface area (Å²) in [4.78, 5) is 4.94. The van der Waals surface area contributed by atoms with Crippen molar-refractivity contribution in [2.24, 2.45) is 5.92 Å². The fourth-order valence-electron chi connectivity index (χ4n) is 2.33. The van der Waals surface area contributed by atoms with Crippen LogP contribution in [-0.2, 0) is 11.0 Å². The Bertz CT molecular complexity index is 415. The molecule has 0 aromatic carbocycles. The van der Waals surface area contributed by atoms with E-state index >= 15 is 0 Å². The Hall–Kier alpha value is -0.410. The second kappa shape index (κ2) is 6.57. The zero-order valence-corrected chi connectivity index (χ0v) is 15.3. The van der Waals surface area contributed by atoms with E-state index in [1.165, 1.54) is 17.1 Å². The smallest absolute Gasteiger partial charge is 0.113 e. The first-order valence-corrected chi connectivity index (χ1v) is 8.67. The average molecular weight is 297 g/mol. The molecule has 1 heterocycles. The van der Waals surface area contributed by atoms with Crippen molar-refractivity contribution < 1.29 is 0 Å². The van der Waals surface area contributed by atoms with E-state index in [-0.39, 0.29) is 11.0 Å². The van der Waals surface area contributed by atoms with Crippen molar-refractivity contribution in [1.82, 2.24) is 10.3 Å². The lowest BCUT2D eigenvalue weighted by Gasteiger charge is -2.32. The quantitative estimate of drug-likeness (QED) is 0.791. The van der Waals surface area contributed by atoms with Gasteiger partial charge in [-0.2, -0.15) is 0 Å². The van der Waals surface area contributed by atoms with Gasteiger partial charge in [0.1, 0.15) is 5.01 Å². The molecule has 20 heavy (non-hydrogen) atoms. The molecule has 1 N–H and O–H groups in total. The van der Waals surface area contributed by atoms with E-state index in [0.29, 0.717) is 6.04 Å². The summed E-state index contributed by atoms with van der Waals surface area (Å²) in [6, 6.07) is 0.467. The Morgan fingerprint density at radius 1 is 1.15 bits per heavy atom. The predicted octanol–water partition coefficient (Wildman–Crippen LogP) is 5.09. The number of nitrogens with zero attached hydrogens (tertiary/aromatic N) is 1. The molecule has 0 saturated carbocycles. The molecule has 116 valence electrons. The molecule has 0 aliphatic rings. The topological polar surface area (TPSA) is 24.9 Å². The Morgan fingerprint density at radius 2 is 1.75 bits per heavy atom. The first-order valence-electron chi connectivity index (χ1n) is 7.79. The lowest BCUT2D eigenvalue weighted by molar-refractivity contribution is 0.287. The number of rotatable bonds is 6. The molecule has 0 radical (unpaired) electrons. The van der Waals surface area contributed by atoms with Crippen LogP contribution in [0.5, 0.6) is 0 Å². The summed E-state index contributed by atoms with van der Waals surface area (Å²) >= 11 is 1.80. The van der Waals surface area contributed by atoms with Crippen LogP contribution in [0, 0.1) is 5.92 Å². The number of thiazole rings is 1. The van der Waals surface area contributed by atoms with Crippen LogP contribution in [0.25, 0.3) is 0 Å². The van der Waals surface area contributed by atoms with Crippen LogP contribution < -0.4 is 5.32 Å². The molecular weight excluding hydrogens is 264 g/mol. The molecule has 0 fully saturated rings. The maximum absolute atomic E-state index is 4.94. The normalized spacial score (nSPS) is 15.9. The molecule has 0 spiro atoms. The number of hydrogen-bond donors (Lipinski definition) is 1. The van der Waals surface area contributed by atoms with E-state index < -0.39 is 0 Å². The van der Waals surface area contributed by atoms with E-state index in [4.69, 9.17) is 4.98 Å². The highest BCUT2D eigenvalue weighted by molar-refractivity contribution is 7.09. The van der Waals surface area contributed by atoms with Crippen LogP contribution >= 0.6 is 11.3 Å². The molecule has 2 nitrogen and oxygen atoms in total. The minimum Gasteiger partial charge on any atom is -0.303 e. The lowest BCUT2D eigenvalue weighted by Crippen LogP contribution is -2.43. The average Bonchev–Trinajstić information content (AvgIpc) is 2.74. The zero-order valence-electron chi connectivity index (χ0n) is 14.5. The molecule has 1 aromatic rings. The fraction of sp³-hybridized carbons (Fsp3) is 0.824. The third kappa shape index (κ3) is 4.85. The Morgan fingerprint density at radius 3 is 2.15 bits per heavy atom. The first kappa shape index (κ1) is 17.6. The molecule has 0 aliphatic carbocycles. The number of hydrogen-bond acceptors (Lipinski definition) is 3. The van der Waals surface area contributed by atoms with Crippen LogP contribution in [0.3, 0.4) is 0 Å². The van der Waals surface area contributed by atoms with Crippen molar-refractivity contribution >= 4 is 11.3 Å². The summed E-state index contributed by atoms with van der Waals surface area (Å²) < 4.78 is 0. The third-order valence-corrected chi connectivity index (χ3v) is 4.68. The summed E-state index contributed by atoms with van der Waals surface area (Å²) in [5.41, 5.74) is 1.33. The molecule has 3 heteroatoms. The maximum Gasteiger partial charge on any atom is 0.113 e. The molecule has 1 aromatic heterocycles. The molecule has 0 bridgehead atoms. The Labute approximate surface area is 129 Å². The molecule has 0 saturated heterocycles. The third-order valence-electron chi connectivity index (χ3n) is 3.57. The van der Waals surface area contributed by atoms with Crippen molar-refractivity contribution in [3.8, 4) is 0 Å². The van der Waals surface area contributed by atoms with Crippen LogP contribution in [0.15, 0.2) is 5.38 Å². The molecule has 1 atom stereocenters. The minimum absolute atomic E-state index is 0.00734. The van der Waals surface area contributed by atoms with E-state index in [0.717, 1.165) is 12.3 Å². The van der Waals surface area contributed by atoms with Crippen molar-refractivity contribution in [1.29, 1.82) is 0 Å². The zero-order chi connectivity index (χ0) is 15.6. The molecule has 0 amide bonds. The van der Waals surface area contributed by atoms with Gasteiger partial charge in [0.15, 0.2) is 0 Å².